The number of fused-ring (bicyclic) bond motifs is 1. The van der Waals surface area contributed by atoms with E-state index in [2.05, 4.69) is 15.9 Å². The van der Waals surface area contributed by atoms with Crippen molar-refractivity contribution in [2.75, 3.05) is 24.7 Å². The molecule has 2 aliphatic heterocycles. The topological polar surface area (TPSA) is 38.8 Å². The molecule has 1 aromatic rings. The van der Waals surface area contributed by atoms with Crippen molar-refractivity contribution in [2.45, 2.75) is 11.2 Å². The molecule has 2 heterocycles. The van der Waals surface area contributed by atoms with Crippen LogP contribution in [-0.2, 0) is 4.79 Å². The molecule has 90 valence electrons. The summed E-state index contributed by atoms with van der Waals surface area (Å²) >= 11 is 3.37. The fourth-order valence-corrected chi connectivity index (χ4v) is 2.55. The molecule has 4 nitrogen and oxygen atoms in total. The standard InChI is InChI=1S/C12H12BrNO3/c13-9-3-4-14(12(9)15)8-1-2-10-11(7-8)17-6-5-16-10/h1-2,7,9H,3-6H2. The van der Waals surface area contributed by atoms with Gasteiger partial charge in [-0.25, -0.2) is 0 Å². The Labute approximate surface area is 108 Å². The van der Waals surface area contributed by atoms with Gasteiger partial charge >= 0.3 is 0 Å². The van der Waals surface area contributed by atoms with Crippen molar-refractivity contribution in [3.63, 3.8) is 0 Å². The molecule has 0 saturated carbocycles. The minimum atomic E-state index is -0.0595. The van der Waals surface area contributed by atoms with Gasteiger partial charge in [0.05, 0.1) is 4.83 Å². The van der Waals surface area contributed by atoms with Crippen LogP contribution in [0.5, 0.6) is 11.5 Å². The lowest BCUT2D eigenvalue weighted by Crippen LogP contribution is -2.27. The molecule has 1 saturated heterocycles. The summed E-state index contributed by atoms with van der Waals surface area (Å²) in [4.78, 5) is 13.6. The molecule has 0 aliphatic carbocycles. The summed E-state index contributed by atoms with van der Waals surface area (Å²) in [5.74, 6) is 1.59. The molecule has 0 N–H and O–H groups in total. The smallest absolute Gasteiger partial charge is 0.240 e. The van der Waals surface area contributed by atoms with Crippen molar-refractivity contribution in [3.8, 4) is 11.5 Å². The predicted octanol–water partition coefficient (Wildman–Crippen LogP) is 1.96. The zero-order valence-electron chi connectivity index (χ0n) is 9.19. The van der Waals surface area contributed by atoms with Gasteiger partial charge in [0.25, 0.3) is 0 Å². The maximum atomic E-state index is 11.9. The summed E-state index contributed by atoms with van der Waals surface area (Å²) in [5.41, 5.74) is 0.876. The number of alkyl halides is 1. The van der Waals surface area contributed by atoms with Gasteiger partial charge in [0.1, 0.15) is 13.2 Å². The zero-order chi connectivity index (χ0) is 11.8. The predicted molar refractivity (Wildman–Crippen MR) is 67.1 cm³/mol. The quantitative estimate of drug-likeness (QED) is 0.744. The van der Waals surface area contributed by atoms with Crippen molar-refractivity contribution < 1.29 is 14.3 Å². The maximum Gasteiger partial charge on any atom is 0.240 e. The van der Waals surface area contributed by atoms with Crippen LogP contribution in [0.2, 0.25) is 0 Å². The van der Waals surface area contributed by atoms with Crippen molar-refractivity contribution in [2.24, 2.45) is 0 Å². The molecule has 1 fully saturated rings. The zero-order valence-corrected chi connectivity index (χ0v) is 10.8. The van der Waals surface area contributed by atoms with E-state index in [0.29, 0.717) is 13.2 Å². The molecule has 1 atom stereocenters. The second-order valence-corrected chi connectivity index (χ2v) is 5.18. The van der Waals surface area contributed by atoms with Gasteiger partial charge in [0.2, 0.25) is 5.91 Å². The fourth-order valence-electron chi connectivity index (χ4n) is 2.10. The third kappa shape index (κ3) is 1.88. The fraction of sp³-hybridized carbons (Fsp3) is 0.417. The highest BCUT2D eigenvalue weighted by Gasteiger charge is 2.31. The highest BCUT2D eigenvalue weighted by molar-refractivity contribution is 9.10. The lowest BCUT2D eigenvalue weighted by Gasteiger charge is -2.22. The van der Waals surface area contributed by atoms with Gasteiger partial charge in [-0.1, -0.05) is 15.9 Å². The Morgan fingerprint density at radius 3 is 2.71 bits per heavy atom. The van der Waals surface area contributed by atoms with E-state index in [4.69, 9.17) is 9.47 Å². The summed E-state index contributed by atoms with van der Waals surface area (Å²) in [6.07, 6.45) is 0.841. The average Bonchev–Trinajstić information content (AvgIpc) is 2.70. The summed E-state index contributed by atoms with van der Waals surface area (Å²) in [6.45, 7) is 1.89. The van der Waals surface area contributed by atoms with E-state index >= 15 is 0 Å². The van der Waals surface area contributed by atoms with Crippen LogP contribution in [0.25, 0.3) is 0 Å². The molecule has 2 aliphatic rings. The Morgan fingerprint density at radius 2 is 2.00 bits per heavy atom. The Morgan fingerprint density at radius 1 is 1.24 bits per heavy atom. The third-order valence-corrected chi connectivity index (χ3v) is 3.83. The number of carbonyl (C=O) groups excluding carboxylic acids is 1. The molecule has 1 amide bonds. The van der Waals surface area contributed by atoms with Gasteiger partial charge in [-0.05, 0) is 18.6 Å². The van der Waals surface area contributed by atoms with E-state index in [1.54, 1.807) is 4.90 Å². The Kier molecular flexibility index (Phi) is 2.70. The van der Waals surface area contributed by atoms with Crippen LogP contribution in [-0.4, -0.2) is 30.5 Å². The molecule has 3 rings (SSSR count). The summed E-state index contributed by atoms with van der Waals surface area (Å²) in [5, 5.41) is 0. The SMILES string of the molecule is O=C1C(Br)CCN1c1ccc2c(c1)OCCO2. The number of halogens is 1. The van der Waals surface area contributed by atoms with Crippen LogP contribution >= 0.6 is 15.9 Å². The maximum absolute atomic E-state index is 11.9. The molecular weight excluding hydrogens is 286 g/mol. The third-order valence-electron chi connectivity index (χ3n) is 2.98. The molecule has 1 unspecified atom stereocenters. The first kappa shape index (κ1) is 10.9. The molecule has 1 aromatic carbocycles. The van der Waals surface area contributed by atoms with E-state index in [-0.39, 0.29) is 10.7 Å². The van der Waals surface area contributed by atoms with Crippen LogP contribution < -0.4 is 14.4 Å². The second-order valence-electron chi connectivity index (χ2n) is 4.07. The molecule has 0 bridgehead atoms. The van der Waals surface area contributed by atoms with Crippen molar-refractivity contribution in [1.29, 1.82) is 0 Å². The summed E-state index contributed by atoms with van der Waals surface area (Å²) in [7, 11) is 0. The van der Waals surface area contributed by atoms with Crippen molar-refractivity contribution >= 4 is 27.5 Å². The van der Waals surface area contributed by atoms with Crippen LogP contribution in [0.4, 0.5) is 5.69 Å². The monoisotopic (exact) mass is 297 g/mol. The second kappa shape index (κ2) is 4.22. The molecule has 5 heteroatoms. The van der Waals surface area contributed by atoms with Crippen molar-refractivity contribution in [3.05, 3.63) is 18.2 Å². The number of rotatable bonds is 1. The van der Waals surface area contributed by atoms with Gasteiger partial charge in [-0.15, -0.1) is 0 Å². The number of benzene rings is 1. The Bertz CT molecular complexity index is 463. The number of hydrogen-bond acceptors (Lipinski definition) is 3. The summed E-state index contributed by atoms with van der Waals surface area (Å²) < 4.78 is 11.0. The number of nitrogens with zero attached hydrogens (tertiary/aromatic N) is 1. The first-order chi connectivity index (χ1) is 8.25. The van der Waals surface area contributed by atoms with Gasteiger partial charge in [0, 0.05) is 18.3 Å². The normalized spacial score (nSPS) is 23.0. The average molecular weight is 298 g/mol. The number of hydrogen-bond donors (Lipinski definition) is 0. The first-order valence-corrected chi connectivity index (χ1v) is 6.52. The number of anilines is 1. The Hall–Kier alpha value is -1.23. The van der Waals surface area contributed by atoms with E-state index in [1.165, 1.54) is 0 Å². The largest absolute Gasteiger partial charge is 0.486 e. The lowest BCUT2D eigenvalue weighted by molar-refractivity contribution is -0.116. The molecule has 0 radical (unpaired) electrons. The molecule has 0 aromatic heterocycles. The van der Waals surface area contributed by atoms with Crippen LogP contribution in [0, 0.1) is 0 Å². The first-order valence-electron chi connectivity index (χ1n) is 5.61. The van der Waals surface area contributed by atoms with E-state index in [1.807, 2.05) is 18.2 Å². The highest BCUT2D eigenvalue weighted by Crippen LogP contribution is 2.35. The lowest BCUT2D eigenvalue weighted by atomic mass is 10.2. The molecule has 0 spiro atoms. The van der Waals surface area contributed by atoms with E-state index < -0.39 is 0 Å². The van der Waals surface area contributed by atoms with Gasteiger partial charge in [-0.2, -0.15) is 0 Å². The molecular formula is C12H12BrNO3. The van der Waals surface area contributed by atoms with Gasteiger partial charge in [-0.3, -0.25) is 4.79 Å². The summed E-state index contributed by atoms with van der Waals surface area (Å²) in [6, 6.07) is 5.63. The number of amides is 1. The Balaban J connectivity index is 1.91. The van der Waals surface area contributed by atoms with E-state index in [9.17, 15) is 4.79 Å². The van der Waals surface area contributed by atoms with Gasteiger partial charge in [0.15, 0.2) is 11.5 Å². The minimum absolute atomic E-state index is 0.0595. The number of carbonyl (C=O) groups is 1. The molecule has 17 heavy (non-hydrogen) atoms. The van der Waals surface area contributed by atoms with Crippen LogP contribution in [0.3, 0.4) is 0 Å². The minimum Gasteiger partial charge on any atom is -0.486 e. The number of ether oxygens (including phenoxy) is 2. The van der Waals surface area contributed by atoms with E-state index in [0.717, 1.165) is 30.2 Å². The van der Waals surface area contributed by atoms with Crippen LogP contribution in [0.15, 0.2) is 18.2 Å². The van der Waals surface area contributed by atoms with Crippen LogP contribution in [0.1, 0.15) is 6.42 Å². The highest BCUT2D eigenvalue weighted by atomic mass is 79.9. The van der Waals surface area contributed by atoms with Crippen molar-refractivity contribution in [1.82, 2.24) is 0 Å². The van der Waals surface area contributed by atoms with Gasteiger partial charge < -0.3 is 14.4 Å².